The predicted octanol–water partition coefficient (Wildman–Crippen LogP) is 2.54. The lowest BCUT2D eigenvalue weighted by atomic mass is 10.1. The predicted molar refractivity (Wildman–Crippen MR) is 80.7 cm³/mol. The van der Waals surface area contributed by atoms with Gasteiger partial charge in [-0.05, 0) is 50.1 Å². The molecule has 0 atom stereocenters. The number of hydrogen-bond acceptors (Lipinski definition) is 4. The summed E-state index contributed by atoms with van der Waals surface area (Å²) in [4.78, 5) is 16.4. The molecule has 104 valence electrons. The van der Waals surface area contributed by atoms with Gasteiger partial charge in [-0.25, -0.2) is 10.8 Å². The largest absolute Gasteiger partial charge is 0.322 e. The second-order valence-electron chi connectivity index (χ2n) is 4.80. The molecule has 5 heteroatoms. The van der Waals surface area contributed by atoms with Gasteiger partial charge in [0.25, 0.3) is 5.91 Å². The van der Waals surface area contributed by atoms with Crippen LogP contribution in [0.2, 0.25) is 0 Å². The number of nitrogens with zero attached hydrogens (tertiary/aromatic N) is 1. The van der Waals surface area contributed by atoms with Crippen LogP contribution in [-0.2, 0) is 0 Å². The SMILES string of the molecule is Cc1ccc(C)c(NC(=O)c2cc(C)nc(NN)c2)c1. The molecule has 20 heavy (non-hydrogen) atoms. The lowest BCUT2D eigenvalue weighted by Crippen LogP contribution is -2.15. The number of rotatable bonds is 3. The molecule has 0 unspecified atom stereocenters. The third kappa shape index (κ3) is 3.13. The maximum absolute atomic E-state index is 12.3. The van der Waals surface area contributed by atoms with Crippen molar-refractivity contribution in [2.24, 2.45) is 5.84 Å². The third-order valence-corrected chi connectivity index (χ3v) is 3.00. The number of carbonyl (C=O) groups excluding carboxylic acids is 1. The Balaban J connectivity index is 2.28. The number of aryl methyl sites for hydroxylation is 3. The zero-order valence-electron chi connectivity index (χ0n) is 11.8. The topological polar surface area (TPSA) is 80.0 Å². The van der Waals surface area contributed by atoms with E-state index in [1.165, 1.54) is 0 Å². The minimum Gasteiger partial charge on any atom is -0.322 e. The summed E-state index contributed by atoms with van der Waals surface area (Å²) in [5.41, 5.74) is 6.63. The zero-order valence-corrected chi connectivity index (χ0v) is 11.8. The first kappa shape index (κ1) is 14.0. The van der Waals surface area contributed by atoms with Crippen molar-refractivity contribution in [2.75, 3.05) is 10.7 Å². The second-order valence-corrected chi connectivity index (χ2v) is 4.80. The second kappa shape index (κ2) is 5.71. The van der Waals surface area contributed by atoms with Crippen LogP contribution in [0.5, 0.6) is 0 Å². The molecule has 1 amide bonds. The maximum Gasteiger partial charge on any atom is 0.255 e. The summed E-state index contributed by atoms with van der Waals surface area (Å²) in [7, 11) is 0. The lowest BCUT2D eigenvalue weighted by Gasteiger charge is -2.10. The molecule has 1 aromatic heterocycles. The van der Waals surface area contributed by atoms with Gasteiger partial charge in [-0.15, -0.1) is 0 Å². The van der Waals surface area contributed by atoms with Crippen molar-refractivity contribution < 1.29 is 4.79 Å². The summed E-state index contributed by atoms with van der Waals surface area (Å²) in [6.45, 7) is 5.76. The van der Waals surface area contributed by atoms with Crippen LogP contribution < -0.4 is 16.6 Å². The van der Waals surface area contributed by atoms with Gasteiger partial charge in [0.15, 0.2) is 0 Å². The van der Waals surface area contributed by atoms with Crippen molar-refractivity contribution in [1.29, 1.82) is 0 Å². The Morgan fingerprint density at radius 2 is 1.90 bits per heavy atom. The molecule has 0 aliphatic carbocycles. The summed E-state index contributed by atoms with van der Waals surface area (Å²) < 4.78 is 0. The van der Waals surface area contributed by atoms with E-state index in [9.17, 15) is 4.79 Å². The number of pyridine rings is 1. The number of nitrogen functional groups attached to an aromatic ring is 1. The van der Waals surface area contributed by atoms with E-state index < -0.39 is 0 Å². The highest BCUT2D eigenvalue weighted by atomic mass is 16.1. The zero-order chi connectivity index (χ0) is 14.7. The molecule has 1 aromatic carbocycles. The molecule has 0 radical (unpaired) electrons. The van der Waals surface area contributed by atoms with Crippen LogP contribution in [0.3, 0.4) is 0 Å². The molecule has 2 rings (SSSR count). The van der Waals surface area contributed by atoms with Crippen LogP contribution >= 0.6 is 0 Å². The Hall–Kier alpha value is -2.40. The Morgan fingerprint density at radius 3 is 2.60 bits per heavy atom. The van der Waals surface area contributed by atoms with E-state index in [1.54, 1.807) is 12.1 Å². The van der Waals surface area contributed by atoms with Gasteiger partial charge in [0.05, 0.1) is 0 Å². The molecule has 0 spiro atoms. The van der Waals surface area contributed by atoms with E-state index in [0.717, 1.165) is 22.5 Å². The number of nitrogens with two attached hydrogens (primary N) is 1. The summed E-state index contributed by atoms with van der Waals surface area (Å²) in [6.07, 6.45) is 0. The van der Waals surface area contributed by atoms with Crippen LogP contribution in [0.4, 0.5) is 11.5 Å². The number of anilines is 2. The summed E-state index contributed by atoms with van der Waals surface area (Å²) in [6, 6.07) is 9.28. The van der Waals surface area contributed by atoms with Gasteiger partial charge in [-0.2, -0.15) is 0 Å². The fourth-order valence-corrected chi connectivity index (χ4v) is 1.94. The van der Waals surface area contributed by atoms with Crippen LogP contribution in [-0.4, -0.2) is 10.9 Å². The molecular formula is C15H18N4O. The number of aromatic nitrogens is 1. The van der Waals surface area contributed by atoms with Crippen molar-refractivity contribution in [2.45, 2.75) is 20.8 Å². The minimum absolute atomic E-state index is 0.180. The molecule has 1 heterocycles. The Kier molecular flexibility index (Phi) is 4.00. The fraction of sp³-hybridized carbons (Fsp3) is 0.200. The first-order valence-corrected chi connectivity index (χ1v) is 6.33. The number of hydrazine groups is 1. The van der Waals surface area contributed by atoms with Crippen molar-refractivity contribution in [3.05, 3.63) is 52.7 Å². The number of amides is 1. The highest BCUT2D eigenvalue weighted by Crippen LogP contribution is 2.18. The average Bonchev–Trinajstić information content (AvgIpc) is 2.42. The molecular weight excluding hydrogens is 252 g/mol. The standard InChI is InChI=1S/C15H18N4O/c1-9-4-5-10(2)13(6-9)18-15(20)12-7-11(3)17-14(8-12)19-16/h4-8H,16H2,1-3H3,(H,17,19)(H,18,20). The Labute approximate surface area is 118 Å². The van der Waals surface area contributed by atoms with Crippen molar-refractivity contribution in [3.8, 4) is 0 Å². The van der Waals surface area contributed by atoms with E-state index >= 15 is 0 Å². The Bertz CT molecular complexity index is 652. The Morgan fingerprint density at radius 1 is 1.15 bits per heavy atom. The van der Waals surface area contributed by atoms with Crippen molar-refractivity contribution >= 4 is 17.4 Å². The minimum atomic E-state index is -0.180. The molecule has 0 aliphatic rings. The third-order valence-electron chi connectivity index (χ3n) is 3.00. The molecule has 5 nitrogen and oxygen atoms in total. The highest BCUT2D eigenvalue weighted by Gasteiger charge is 2.10. The van der Waals surface area contributed by atoms with Crippen LogP contribution in [0, 0.1) is 20.8 Å². The van der Waals surface area contributed by atoms with Crippen molar-refractivity contribution in [1.82, 2.24) is 4.98 Å². The van der Waals surface area contributed by atoms with Crippen molar-refractivity contribution in [3.63, 3.8) is 0 Å². The molecule has 0 saturated heterocycles. The fourth-order valence-electron chi connectivity index (χ4n) is 1.94. The smallest absolute Gasteiger partial charge is 0.255 e. The van der Waals surface area contributed by atoms with Gasteiger partial charge in [0, 0.05) is 16.9 Å². The number of nitrogens with one attached hydrogen (secondary N) is 2. The lowest BCUT2D eigenvalue weighted by molar-refractivity contribution is 0.102. The van der Waals surface area contributed by atoms with Gasteiger partial charge < -0.3 is 10.7 Å². The molecule has 0 aliphatic heterocycles. The quantitative estimate of drug-likeness (QED) is 0.591. The first-order valence-electron chi connectivity index (χ1n) is 6.33. The van der Waals surface area contributed by atoms with E-state index in [0.29, 0.717) is 11.4 Å². The van der Waals surface area contributed by atoms with Gasteiger partial charge >= 0.3 is 0 Å². The average molecular weight is 270 g/mol. The van der Waals surface area contributed by atoms with Gasteiger partial charge in [0.1, 0.15) is 5.82 Å². The summed E-state index contributed by atoms with van der Waals surface area (Å²) in [5, 5.41) is 2.91. The molecule has 0 bridgehead atoms. The van der Waals surface area contributed by atoms with Gasteiger partial charge in [-0.3, -0.25) is 4.79 Å². The van der Waals surface area contributed by atoms with Crippen LogP contribution in [0.1, 0.15) is 27.2 Å². The molecule has 2 aromatic rings. The first-order chi connectivity index (χ1) is 9.49. The van der Waals surface area contributed by atoms with E-state index in [2.05, 4.69) is 15.7 Å². The molecule has 0 saturated carbocycles. The number of benzene rings is 1. The van der Waals surface area contributed by atoms with Gasteiger partial charge in [-0.1, -0.05) is 12.1 Å². The highest BCUT2D eigenvalue weighted by molar-refractivity contribution is 6.05. The van der Waals surface area contributed by atoms with Crippen LogP contribution in [0.25, 0.3) is 0 Å². The monoisotopic (exact) mass is 270 g/mol. The summed E-state index contributed by atoms with van der Waals surface area (Å²) in [5.74, 6) is 5.63. The van der Waals surface area contributed by atoms with Crippen LogP contribution in [0.15, 0.2) is 30.3 Å². The summed E-state index contributed by atoms with van der Waals surface area (Å²) >= 11 is 0. The van der Waals surface area contributed by atoms with E-state index in [1.807, 2.05) is 39.0 Å². The number of carbonyl (C=O) groups is 1. The van der Waals surface area contributed by atoms with E-state index in [-0.39, 0.29) is 5.91 Å². The number of hydrogen-bond donors (Lipinski definition) is 3. The molecule has 0 fully saturated rings. The maximum atomic E-state index is 12.3. The van der Waals surface area contributed by atoms with E-state index in [4.69, 9.17) is 5.84 Å². The normalized spacial score (nSPS) is 10.2. The van der Waals surface area contributed by atoms with Gasteiger partial charge in [0.2, 0.25) is 0 Å². The molecule has 4 N–H and O–H groups in total.